The number of fused-ring (bicyclic) bond motifs is 1. The van der Waals surface area contributed by atoms with Gasteiger partial charge in [0.25, 0.3) is 5.91 Å². The average Bonchev–Trinajstić information content (AvgIpc) is 3.05. The third-order valence-corrected chi connectivity index (χ3v) is 7.44. The number of hydrogen-bond donors (Lipinski definition) is 2. The second kappa shape index (κ2) is 9.18. The summed E-state index contributed by atoms with van der Waals surface area (Å²) in [6, 6.07) is 10.7. The van der Waals surface area contributed by atoms with E-state index < -0.39 is 0 Å². The summed E-state index contributed by atoms with van der Waals surface area (Å²) in [5.41, 5.74) is 6.41. The summed E-state index contributed by atoms with van der Waals surface area (Å²) in [7, 11) is 0. The summed E-state index contributed by atoms with van der Waals surface area (Å²) in [6.07, 6.45) is 3.90. The van der Waals surface area contributed by atoms with E-state index in [0.29, 0.717) is 6.54 Å². The minimum atomic E-state index is -0.231. The molecule has 33 heavy (non-hydrogen) atoms. The van der Waals surface area contributed by atoms with Crippen molar-refractivity contribution in [3.63, 3.8) is 0 Å². The Morgan fingerprint density at radius 3 is 2.52 bits per heavy atom. The maximum absolute atomic E-state index is 13.4. The number of carbonyl (C=O) groups excluding carboxylic acids is 1. The molecular formula is C27H33FN4O. The number of nitrogens with one attached hydrogen (secondary N) is 2. The van der Waals surface area contributed by atoms with Gasteiger partial charge < -0.3 is 20.1 Å². The topological polar surface area (TPSA) is 49.3 Å². The standard InChI is InChI=1S/C27H33FN4O/c1-18-19(2)32(17-21-4-3-5-21)26-24(18)14-22(27(33)31-12-10-29-11-13-31)15-25(26)30-16-20-6-8-23(28)9-7-20/h6-9,14-15,21,29-30H,3-5,10-13,16-17H2,1-2H3. The molecule has 5 rings (SSSR count). The second-order valence-electron chi connectivity index (χ2n) is 9.56. The van der Waals surface area contributed by atoms with Crippen molar-refractivity contribution in [3.05, 3.63) is 64.6 Å². The molecule has 2 aliphatic rings. The summed E-state index contributed by atoms with van der Waals surface area (Å²) in [4.78, 5) is 15.3. The number of benzene rings is 2. The summed E-state index contributed by atoms with van der Waals surface area (Å²) >= 11 is 0. The van der Waals surface area contributed by atoms with E-state index >= 15 is 0 Å². The maximum Gasteiger partial charge on any atom is 0.254 e. The first kappa shape index (κ1) is 22.0. The highest BCUT2D eigenvalue weighted by molar-refractivity contribution is 6.04. The van der Waals surface area contributed by atoms with Crippen LogP contribution in [0.4, 0.5) is 10.1 Å². The molecule has 2 fully saturated rings. The third-order valence-electron chi connectivity index (χ3n) is 7.44. The monoisotopic (exact) mass is 448 g/mol. The SMILES string of the molecule is Cc1c(C)n(CC2CCC2)c2c(NCc3ccc(F)cc3)cc(C(=O)N3CCNCC3)cc12. The van der Waals surface area contributed by atoms with Gasteiger partial charge in [-0.2, -0.15) is 0 Å². The number of anilines is 1. The normalized spacial score (nSPS) is 16.8. The van der Waals surface area contributed by atoms with E-state index in [0.717, 1.165) is 60.8 Å². The van der Waals surface area contributed by atoms with Gasteiger partial charge in [-0.3, -0.25) is 4.79 Å². The molecule has 0 spiro atoms. The highest BCUT2D eigenvalue weighted by Crippen LogP contribution is 2.36. The number of aryl methyl sites for hydroxylation is 1. The summed E-state index contributed by atoms with van der Waals surface area (Å²) < 4.78 is 15.8. The van der Waals surface area contributed by atoms with Gasteiger partial charge in [0, 0.05) is 55.9 Å². The van der Waals surface area contributed by atoms with E-state index in [1.807, 2.05) is 11.0 Å². The van der Waals surface area contributed by atoms with Gasteiger partial charge in [-0.15, -0.1) is 0 Å². The number of rotatable bonds is 6. The Balaban J connectivity index is 1.55. The smallest absolute Gasteiger partial charge is 0.254 e. The molecule has 2 N–H and O–H groups in total. The predicted molar refractivity (Wildman–Crippen MR) is 131 cm³/mol. The van der Waals surface area contributed by atoms with Crippen molar-refractivity contribution in [1.29, 1.82) is 0 Å². The van der Waals surface area contributed by atoms with Gasteiger partial charge in [0.1, 0.15) is 5.82 Å². The zero-order valence-corrected chi connectivity index (χ0v) is 19.6. The van der Waals surface area contributed by atoms with Gasteiger partial charge in [0.2, 0.25) is 0 Å². The highest BCUT2D eigenvalue weighted by Gasteiger charge is 2.25. The van der Waals surface area contributed by atoms with Crippen LogP contribution < -0.4 is 10.6 Å². The van der Waals surface area contributed by atoms with Crippen molar-refractivity contribution in [2.45, 2.75) is 46.2 Å². The Bertz CT molecular complexity index is 1160. The van der Waals surface area contributed by atoms with Gasteiger partial charge in [0.15, 0.2) is 0 Å². The van der Waals surface area contributed by atoms with Crippen LogP contribution >= 0.6 is 0 Å². The van der Waals surface area contributed by atoms with Gasteiger partial charge >= 0.3 is 0 Å². The lowest BCUT2D eigenvalue weighted by Gasteiger charge is -2.28. The first-order valence-corrected chi connectivity index (χ1v) is 12.1. The quantitative estimate of drug-likeness (QED) is 0.567. The van der Waals surface area contributed by atoms with Crippen molar-refractivity contribution in [1.82, 2.24) is 14.8 Å². The number of amides is 1. The van der Waals surface area contributed by atoms with Gasteiger partial charge in [0.05, 0.1) is 11.2 Å². The van der Waals surface area contributed by atoms with Crippen molar-refractivity contribution >= 4 is 22.5 Å². The van der Waals surface area contributed by atoms with Crippen LogP contribution in [0, 0.1) is 25.6 Å². The van der Waals surface area contributed by atoms with Crippen LogP contribution in [-0.2, 0) is 13.1 Å². The fourth-order valence-electron chi connectivity index (χ4n) is 5.05. The fraction of sp³-hybridized carbons (Fsp3) is 0.444. The van der Waals surface area contributed by atoms with E-state index in [1.165, 1.54) is 48.2 Å². The number of hydrogen-bond acceptors (Lipinski definition) is 3. The van der Waals surface area contributed by atoms with Crippen LogP contribution in [0.3, 0.4) is 0 Å². The molecule has 1 aliphatic heterocycles. The maximum atomic E-state index is 13.4. The lowest BCUT2D eigenvalue weighted by atomic mass is 9.85. The van der Waals surface area contributed by atoms with Gasteiger partial charge in [-0.25, -0.2) is 4.39 Å². The summed E-state index contributed by atoms with van der Waals surface area (Å²) in [6.45, 7) is 9.08. The Hall–Kier alpha value is -2.86. The van der Waals surface area contributed by atoms with Crippen LogP contribution in [-0.4, -0.2) is 41.6 Å². The zero-order valence-electron chi connectivity index (χ0n) is 19.6. The minimum absolute atomic E-state index is 0.0898. The van der Waals surface area contributed by atoms with Crippen LogP contribution in [0.1, 0.15) is 46.4 Å². The first-order valence-electron chi connectivity index (χ1n) is 12.1. The van der Waals surface area contributed by atoms with Crippen LogP contribution in [0.2, 0.25) is 0 Å². The predicted octanol–water partition coefficient (Wildman–Crippen LogP) is 4.85. The lowest BCUT2D eigenvalue weighted by molar-refractivity contribution is 0.0736. The van der Waals surface area contributed by atoms with Crippen molar-refractivity contribution in [2.24, 2.45) is 5.92 Å². The Morgan fingerprint density at radius 1 is 1.12 bits per heavy atom. The lowest BCUT2D eigenvalue weighted by Crippen LogP contribution is -2.46. The van der Waals surface area contributed by atoms with E-state index in [-0.39, 0.29) is 11.7 Å². The molecule has 0 bridgehead atoms. The number of carbonyl (C=O) groups is 1. The second-order valence-corrected chi connectivity index (χ2v) is 9.56. The molecule has 1 aromatic heterocycles. The fourth-order valence-corrected chi connectivity index (χ4v) is 5.05. The Labute approximate surface area is 195 Å². The third kappa shape index (κ3) is 4.36. The average molecular weight is 449 g/mol. The molecule has 1 saturated heterocycles. The zero-order chi connectivity index (χ0) is 22.9. The molecule has 174 valence electrons. The van der Waals surface area contributed by atoms with Crippen LogP contribution in [0.15, 0.2) is 36.4 Å². The largest absolute Gasteiger partial charge is 0.379 e. The molecule has 1 aliphatic carbocycles. The summed E-state index contributed by atoms with van der Waals surface area (Å²) in [5.74, 6) is 0.586. The molecule has 1 amide bonds. The van der Waals surface area contributed by atoms with Crippen LogP contribution in [0.25, 0.3) is 10.9 Å². The molecule has 2 aromatic carbocycles. The van der Waals surface area contributed by atoms with Gasteiger partial charge in [-0.1, -0.05) is 18.6 Å². The minimum Gasteiger partial charge on any atom is -0.379 e. The Morgan fingerprint density at radius 2 is 1.85 bits per heavy atom. The van der Waals surface area contributed by atoms with Gasteiger partial charge in [-0.05, 0) is 68.0 Å². The number of aromatic nitrogens is 1. The van der Waals surface area contributed by atoms with Crippen molar-refractivity contribution < 1.29 is 9.18 Å². The highest BCUT2D eigenvalue weighted by atomic mass is 19.1. The molecule has 0 unspecified atom stereocenters. The molecular weight excluding hydrogens is 415 g/mol. The number of halogens is 1. The molecule has 5 nitrogen and oxygen atoms in total. The van der Waals surface area contributed by atoms with Crippen molar-refractivity contribution in [3.8, 4) is 0 Å². The van der Waals surface area contributed by atoms with E-state index in [4.69, 9.17) is 0 Å². The molecule has 2 heterocycles. The van der Waals surface area contributed by atoms with E-state index in [1.54, 1.807) is 12.1 Å². The Kier molecular flexibility index (Phi) is 6.11. The molecule has 6 heteroatoms. The number of nitrogens with zero attached hydrogens (tertiary/aromatic N) is 2. The first-order chi connectivity index (χ1) is 16.0. The number of piperazine rings is 1. The molecule has 0 atom stereocenters. The summed E-state index contributed by atoms with van der Waals surface area (Å²) in [5, 5.41) is 8.05. The van der Waals surface area contributed by atoms with Crippen LogP contribution in [0.5, 0.6) is 0 Å². The molecule has 0 radical (unpaired) electrons. The van der Waals surface area contributed by atoms with Crippen molar-refractivity contribution in [2.75, 3.05) is 31.5 Å². The molecule has 1 saturated carbocycles. The van der Waals surface area contributed by atoms with E-state index in [9.17, 15) is 9.18 Å². The molecule has 3 aromatic rings. The van der Waals surface area contributed by atoms with E-state index in [2.05, 4.69) is 35.1 Å².